The third kappa shape index (κ3) is 2.99. The zero-order chi connectivity index (χ0) is 15.7. The van der Waals surface area contributed by atoms with Gasteiger partial charge in [0.05, 0.1) is 0 Å². The molecule has 1 aliphatic carbocycles. The number of nitrogens with one attached hydrogen (secondary N) is 2. The van der Waals surface area contributed by atoms with Gasteiger partial charge in [-0.05, 0) is 62.3 Å². The first kappa shape index (κ1) is 15.0. The lowest BCUT2D eigenvalue weighted by Gasteiger charge is -2.27. The number of halogens is 1. The van der Waals surface area contributed by atoms with E-state index in [-0.39, 0.29) is 24.4 Å². The van der Waals surface area contributed by atoms with Crippen LogP contribution in [0.1, 0.15) is 41.7 Å². The lowest BCUT2D eigenvalue weighted by Crippen LogP contribution is -2.38. The Balaban J connectivity index is 1.71. The third-order valence-corrected chi connectivity index (χ3v) is 4.59. The van der Waals surface area contributed by atoms with Gasteiger partial charge < -0.3 is 15.4 Å². The maximum Gasteiger partial charge on any atom is 0.267 e. The van der Waals surface area contributed by atoms with Crippen LogP contribution in [0.25, 0.3) is 10.9 Å². The van der Waals surface area contributed by atoms with E-state index >= 15 is 0 Å². The van der Waals surface area contributed by atoms with Crippen molar-refractivity contribution in [1.29, 1.82) is 0 Å². The summed E-state index contributed by atoms with van der Waals surface area (Å²) in [5, 5.41) is 13.0. The minimum absolute atomic E-state index is 0.150. The summed E-state index contributed by atoms with van der Waals surface area (Å²) in [6.45, 7) is 2.06. The normalized spacial score (nSPS) is 22.0. The maximum absolute atomic E-state index is 13.4. The van der Waals surface area contributed by atoms with Gasteiger partial charge in [0.2, 0.25) is 0 Å². The number of rotatable bonds is 3. The second kappa shape index (κ2) is 6.08. The Morgan fingerprint density at radius 3 is 2.73 bits per heavy atom. The van der Waals surface area contributed by atoms with E-state index in [2.05, 4.69) is 10.3 Å². The van der Waals surface area contributed by atoms with E-state index in [1.165, 1.54) is 12.1 Å². The van der Waals surface area contributed by atoms with Crippen LogP contribution >= 0.6 is 0 Å². The fourth-order valence-corrected chi connectivity index (χ4v) is 3.25. The zero-order valence-corrected chi connectivity index (χ0v) is 12.7. The van der Waals surface area contributed by atoms with E-state index in [4.69, 9.17) is 5.11 Å². The third-order valence-electron chi connectivity index (χ3n) is 4.59. The largest absolute Gasteiger partial charge is 0.396 e. The lowest BCUT2D eigenvalue weighted by molar-refractivity contribution is 0.0910. The predicted octanol–water partition coefficient (Wildman–Crippen LogP) is 2.90. The molecule has 1 heterocycles. The van der Waals surface area contributed by atoms with Crippen molar-refractivity contribution >= 4 is 16.8 Å². The molecule has 1 aliphatic rings. The van der Waals surface area contributed by atoms with E-state index in [1.807, 2.05) is 6.92 Å². The Labute approximate surface area is 128 Å². The van der Waals surface area contributed by atoms with Gasteiger partial charge in [-0.2, -0.15) is 0 Å². The Hall–Kier alpha value is -1.88. The van der Waals surface area contributed by atoms with Gasteiger partial charge in [-0.25, -0.2) is 4.39 Å². The van der Waals surface area contributed by atoms with Crippen LogP contribution in [0, 0.1) is 18.7 Å². The van der Waals surface area contributed by atoms with Crippen molar-refractivity contribution < 1.29 is 14.3 Å². The predicted molar refractivity (Wildman–Crippen MR) is 83.3 cm³/mol. The number of aromatic nitrogens is 1. The number of carbonyl (C=O) groups is 1. The summed E-state index contributed by atoms with van der Waals surface area (Å²) in [5.74, 6) is -0.0866. The van der Waals surface area contributed by atoms with Gasteiger partial charge in [0.25, 0.3) is 5.91 Å². The highest BCUT2D eigenvalue weighted by Crippen LogP contribution is 2.25. The summed E-state index contributed by atoms with van der Waals surface area (Å²) in [6, 6.07) is 4.80. The smallest absolute Gasteiger partial charge is 0.267 e. The molecule has 5 heteroatoms. The van der Waals surface area contributed by atoms with Crippen molar-refractivity contribution in [2.75, 3.05) is 6.61 Å². The van der Waals surface area contributed by atoms with Crippen molar-refractivity contribution in [3.8, 4) is 0 Å². The molecule has 1 aromatic carbocycles. The molecular weight excluding hydrogens is 283 g/mol. The molecule has 0 saturated heterocycles. The topological polar surface area (TPSA) is 65.1 Å². The molecule has 0 bridgehead atoms. The number of fused-ring (bicyclic) bond motifs is 1. The number of aliphatic hydroxyl groups excluding tert-OH is 1. The highest BCUT2D eigenvalue weighted by Gasteiger charge is 2.23. The fraction of sp³-hybridized carbons (Fsp3) is 0.471. The molecule has 2 aromatic rings. The lowest BCUT2D eigenvalue weighted by atomic mass is 9.86. The number of amides is 1. The first-order valence-electron chi connectivity index (χ1n) is 7.77. The molecule has 0 atom stereocenters. The standard InChI is InChI=1S/C17H21FN2O2/c1-10-6-12(18)7-15-14(10)8-16(20-15)17(22)19-13-4-2-11(9-21)3-5-13/h6-8,11,13,20-21H,2-5,9H2,1H3,(H,19,22). The fourth-order valence-electron chi connectivity index (χ4n) is 3.25. The quantitative estimate of drug-likeness (QED) is 0.816. The van der Waals surface area contributed by atoms with E-state index in [9.17, 15) is 9.18 Å². The summed E-state index contributed by atoms with van der Waals surface area (Å²) in [5.41, 5.74) is 1.92. The van der Waals surface area contributed by atoms with Crippen molar-refractivity contribution in [3.05, 3.63) is 35.3 Å². The van der Waals surface area contributed by atoms with Crippen LogP contribution in [-0.2, 0) is 0 Å². The minimum Gasteiger partial charge on any atom is -0.396 e. The molecule has 0 aliphatic heterocycles. The molecular formula is C17H21FN2O2. The summed E-state index contributed by atoms with van der Waals surface area (Å²) in [4.78, 5) is 15.3. The summed E-state index contributed by atoms with van der Waals surface area (Å²) < 4.78 is 13.4. The van der Waals surface area contributed by atoms with E-state index in [0.717, 1.165) is 36.6 Å². The number of hydrogen-bond acceptors (Lipinski definition) is 2. The van der Waals surface area contributed by atoms with E-state index in [0.29, 0.717) is 17.1 Å². The average molecular weight is 304 g/mol. The van der Waals surface area contributed by atoms with Crippen LogP contribution in [-0.4, -0.2) is 28.6 Å². The Morgan fingerprint density at radius 2 is 2.05 bits per heavy atom. The highest BCUT2D eigenvalue weighted by atomic mass is 19.1. The average Bonchev–Trinajstić information content (AvgIpc) is 2.92. The minimum atomic E-state index is -0.305. The van der Waals surface area contributed by atoms with Gasteiger partial charge in [-0.15, -0.1) is 0 Å². The highest BCUT2D eigenvalue weighted by molar-refractivity contribution is 5.98. The first-order valence-corrected chi connectivity index (χ1v) is 7.77. The molecule has 1 fully saturated rings. The number of aromatic amines is 1. The Bertz CT molecular complexity index is 687. The molecule has 1 saturated carbocycles. The number of benzene rings is 1. The molecule has 1 aromatic heterocycles. The van der Waals surface area contributed by atoms with Crippen LogP contribution in [0.3, 0.4) is 0 Å². The number of aliphatic hydroxyl groups is 1. The van der Waals surface area contributed by atoms with Crippen LogP contribution in [0.15, 0.2) is 18.2 Å². The monoisotopic (exact) mass is 304 g/mol. The Morgan fingerprint density at radius 1 is 1.32 bits per heavy atom. The van der Waals surface area contributed by atoms with Gasteiger partial charge in [0, 0.05) is 23.6 Å². The SMILES string of the molecule is Cc1cc(F)cc2[nH]c(C(=O)NC3CCC(CO)CC3)cc12. The van der Waals surface area contributed by atoms with E-state index in [1.54, 1.807) is 6.07 Å². The maximum atomic E-state index is 13.4. The molecule has 22 heavy (non-hydrogen) atoms. The number of carbonyl (C=O) groups excluding carboxylic acids is 1. The molecule has 118 valence electrons. The molecule has 4 nitrogen and oxygen atoms in total. The Kier molecular flexibility index (Phi) is 4.16. The second-order valence-electron chi connectivity index (χ2n) is 6.24. The molecule has 3 rings (SSSR count). The van der Waals surface area contributed by atoms with Crippen LogP contribution in [0.2, 0.25) is 0 Å². The van der Waals surface area contributed by atoms with Crippen LogP contribution < -0.4 is 5.32 Å². The van der Waals surface area contributed by atoms with Gasteiger partial charge in [-0.3, -0.25) is 4.79 Å². The second-order valence-corrected chi connectivity index (χ2v) is 6.24. The van der Waals surface area contributed by atoms with Crippen LogP contribution in [0.5, 0.6) is 0 Å². The molecule has 0 spiro atoms. The van der Waals surface area contributed by atoms with E-state index < -0.39 is 0 Å². The molecule has 3 N–H and O–H groups in total. The van der Waals surface area contributed by atoms with Crippen molar-refractivity contribution in [2.45, 2.75) is 38.6 Å². The summed E-state index contributed by atoms with van der Waals surface area (Å²) in [6.07, 6.45) is 3.67. The van der Waals surface area contributed by atoms with Gasteiger partial charge in [-0.1, -0.05) is 0 Å². The molecule has 0 radical (unpaired) electrons. The molecule has 1 amide bonds. The van der Waals surface area contributed by atoms with Gasteiger partial charge in [0.15, 0.2) is 0 Å². The van der Waals surface area contributed by atoms with Gasteiger partial charge in [0.1, 0.15) is 11.5 Å². The summed E-state index contributed by atoms with van der Waals surface area (Å²) >= 11 is 0. The number of aryl methyl sites for hydroxylation is 1. The number of hydrogen-bond donors (Lipinski definition) is 3. The zero-order valence-electron chi connectivity index (χ0n) is 12.7. The molecule has 0 unspecified atom stereocenters. The number of H-pyrrole nitrogens is 1. The first-order chi connectivity index (χ1) is 10.6. The van der Waals surface area contributed by atoms with Crippen molar-refractivity contribution in [1.82, 2.24) is 10.3 Å². The van der Waals surface area contributed by atoms with Crippen molar-refractivity contribution in [2.24, 2.45) is 5.92 Å². The summed E-state index contributed by atoms with van der Waals surface area (Å²) in [7, 11) is 0. The van der Waals surface area contributed by atoms with Crippen molar-refractivity contribution in [3.63, 3.8) is 0 Å². The van der Waals surface area contributed by atoms with Crippen LogP contribution in [0.4, 0.5) is 4.39 Å². The van der Waals surface area contributed by atoms with Gasteiger partial charge >= 0.3 is 0 Å².